The van der Waals surface area contributed by atoms with Crippen molar-refractivity contribution in [3.05, 3.63) is 93.7 Å². The zero-order valence-electron chi connectivity index (χ0n) is 16.0. The summed E-state index contributed by atoms with van der Waals surface area (Å²) in [5, 5.41) is 2.97. The number of fused-ring (bicyclic) bond motifs is 1. The van der Waals surface area contributed by atoms with E-state index in [0.717, 1.165) is 32.7 Å². The summed E-state index contributed by atoms with van der Waals surface area (Å²) < 4.78 is 0.928. The Morgan fingerprint density at radius 3 is 2.59 bits per heavy atom. The summed E-state index contributed by atoms with van der Waals surface area (Å²) in [4.78, 5) is 19.3. The molecule has 29 heavy (non-hydrogen) atoms. The molecule has 0 saturated carbocycles. The summed E-state index contributed by atoms with van der Waals surface area (Å²) in [6.45, 7) is 2.14. The lowest BCUT2D eigenvalue weighted by Crippen LogP contribution is -2.13. The van der Waals surface area contributed by atoms with E-state index in [-0.39, 0.29) is 5.91 Å². The molecule has 1 aliphatic heterocycles. The highest BCUT2D eigenvalue weighted by atomic mass is 127. The van der Waals surface area contributed by atoms with E-state index in [9.17, 15) is 4.79 Å². The zero-order chi connectivity index (χ0) is 20.2. The van der Waals surface area contributed by atoms with E-state index in [1.807, 2.05) is 67.0 Å². The van der Waals surface area contributed by atoms with Crippen LogP contribution in [0.15, 0.2) is 84.0 Å². The van der Waals surface area contributed by atoms with Crippen LogP contribution in [0.25, 0.3) is 0 Å². The zero-order valence-corrected chi connectivity index (χ0v) is 18.1. The molecule has 0 unspecified atom stereocenters. The molecule has 144 valence electrons. The standard InChI is InChI=1S/C24H20IN3O/c1-2-17-7-5-10-22-23(17)26-15-6-16-28(22)19-13-11-18(12-14-19)27-24(29)20-8-3-4-9-21(20)25/h3-16H,2H2,1H3,(H,27,29). The summed E-state index contributed by atoms with van der Waals surface area (Å²) >= 11 is 2.18. The van der Waals surface area contributed by atoms with Crippen molar-refractivity contribution < 1.29 is 4.79 Å². The summed E-state index contributed by atoms with van der Waals surface area (Å²) in [6.07, 6.45) is 6.70. The smallest absolute Gasteiger partial charge is 0.256 e. The molecule has 0 fully saturated rings. The van der Waals surface area contributed by atoms with E-state index in [4.69, 9.17) is 0 Å². The van der Waals surface area contributed by atoms with Crippen LogP contribution >= 0.6 is 22.6 Å². The van der Waals surface area contributed by atoms with Gasteiger partial charge in [0.1, 0.15) is 0 Å². The number of amides is 1. The summed E-state index contributed by atoms with van der Waals surface area (Å²) in [5.41, 5.74) is 5.70. The minimum absolute atomic E-state index is 0.108. The van der Waals surface area contributed by atoms with Gasteiger partial charge in [-0.25, -0.2) is 0 Å². The van der Waals surface area contributed by atoms with E-state index < -0.39 is 0 Å². The topological polar surface area (TPSA) is 44.7 Å². The molecule has 0 bridgehead atoms. The maximum atomic E-state index is 12.5. The number of aryl methyl sites for hydroxylation is 1. The Kier molecular flexibility index (Phi) is 5.76. The SMILES string of the molecule is CCc1cccc2c1N=CC=CN2c1ccc(NC(=O)c2ccccc2I)cc1. The molecule has 1 heterocycles. The molecule has 1 N–H and O–H groups in total. The number of benzene rings is 3. The molecule has 0 spiro atoms. The maximum Gasteiger partial charge on any atom is 0.256 e. The first-order valence-electron chi connectivity index (χ1n) is 9.45. The average molecular weight is 493 g/mol. The Morgan fingerprint density at radius 1 is 1.03 bits per heavy atom. The van der Waals surface area contributed by atoms with Crippen molar-refractivity contribution in [2.45, 2.75) is 13.3 Å². The van der Waals surface area contributed by atoms with Gasteiger partial charge >= 0.3 is 0 Å². The first kappa shape index (κ1) is 19.4. The normalized spacial score (nSPS) is 12.4. The van der Waals surface area contributed by atoms with Gasteiger partial charge in [-0.15, -0.1) is 0 Å². The van der Waals surface area contributed by atoms with Crippen LogP contribution < -0.4 is 10.2 Å². The predicted molar refractivity (Wildman–Crippen MR) is 129 cm³/mol. The van der Waals surface area contributed by atoms with Gasteiger partial charge in [0, 0.05) is 27.4 Å². The lowest BCUT2D eigenvalue weighted by atomic mass is 10.1. The van der Waals surface area contributed by atoms with Crippen LogP contribution in [0.2, 0.25) is 0 Å². The van der Waals surface area contributed by atoms with E-state index >= 15 is 0 Å². The molecule has 5 heteroatoms. The quantitative estimate of drug-likeness (QED) is 0.424. The van der Waals surface area contributed by atoms with Crippen LogP contribution in [0.5, 0.6) is 0 Å². The number of nitrogens with zero attached hydrogens (tertiary/aromatic N) is 2. The van der Waals surface area contributed by atoms with Crippen LogP contribution in [0.1, 0.15) is 22.8 Å². The lowest BCUT2D eigenvalue weighted by molar-refractivity contribution is 0.102. The van der Waals surface area contributed by atoms with Gasteiger partial charge in [0.2, 0.25) is 0 Å². The van der Waals surface area contributed by atoms with Gasteiger partial charge in [-0.2, -0.15) is 0 Å². The Bertz CT molecular complexity index is 1100. The summed E-state index contributed by atoms with van der Waals surface area (Å²) in [5.74, 6) is -0.108. The molecule has 0 aliphatic carbocycles. The highest BCUT2D eigenvalue weighted by Crippen LogP contribution is 2.38. The van der Waals surface area contributed by atoms with Crippen molar-refractivity contribution in [2.24, 2.45) is 4.99 Å². The van der Waals surface area contributed by atoms with E-state index in [1.165, 1.54) is 5.56 Å². The fourth-order valence-electron chi connectivity index (χ4n) is 3.30. The molecule has 0 saturated heterocycles. The van der Waals surface area contributed by atoms with Crippen molar-refractivity contribution in [3.63, 3.8) is 0 Å². The Labute approximate surface area is 184 Å². The molecule has 0 aromatic heterocycles. The van der Waals surface area contributed by atoms with E-state index in [0.29, 0.717) is 5.56 Å². The summed E-state index contributed by atoms with van der Waals surface area (Å²) in [6, 6.07) is 21.7. The van der Waals surface area contributed by atoms with Crippen LogP contribution in [-0.2, 0) is 6.42 Å². The number of hydrogen-bond acceptors (Lipinski definition) is 3. The Morgan fingerprint density at radius 2 is 1.83 bits per heavy atom. The first-order chi connectivity index (χ1) is 14.2. The molecule has 4 rings (SSSR count). The number of halogens is 1. The van der Waals surface area contributed by atoms with Gasteiger partial charge in [0.05, 0.1) is 16.9 Å². The van der Waals surface area contributed by atoms with Crippen LogP contribution in [0.4, 0.5) is 22.7 Å². The second-order valence-corrected chi connectivity index (χ2v) is 7.77. The predicted octanol–water partition coefficient (Wildman–Crippen LogP) is 6.47. The summed E-state index contributed by atoms with van der Waals surface area (Å²) in [7, 11) is 0. The number of nitrogens with one attached hydrogen (secondary N) is 1. The number of carbonyl (C=O) groups excluding carboxylic acids is 1. The molecule has 0 radical (unpaired) electrons. The van der Waals surface area contributed by atoms with Crippen molar-refractivity contribution in [3.8, 4) is 0 Å². The van der Waals surface area contributed by atoms with E-state index in [1.54, 1.807) is 0 Å². The van der Waals surface area contributed by atoms with Gasteiger partial charge in [-0.3, -0.25) is 9.79 Å². The van der Waals surface area contributed by atoms with Crippen LogP contribution in [0, 0.1) is 3.57 Å². The molecule has 0 atom stereocenters. The fourth-order valence-corrected chi connectivity index (χ4v) is 3.94. The third-order valence-corrected chi connectivity index (χ3v) is 5.73. The first-order valence-corrected chi connectivity index (χ1v) is 10.5. The minimum atomic E-state index is -0.108. The lowest BCUT2D eigenvalue weighted by Gasteiger charge is -2.23. The molecular formula is C24H20IN3O. The largest absolute Gasteiger partial charge is 0.322 e. The number of para-hydroxylation sites is 1. The average Bonchev–Trinajstić information content (AvgIpc) is 2.97. The third kappa shape index (κ3) is 4.10. The highest BCUT2D eigenvalue weighted by Gasteiger charge is 2.15. The van der Waals surface area contributed by atoms with Gasteiger partial charge in [-0.1, -0.05) is 31.2 Å². The maximum absolute atomic E-state index is 12.5. The van der Waals surface area contributed by atoms with Gasteiger partial charge < -0.3 is 10.2 Å². The van der Waals surface area contributed by atoms with E-state index in [2.05, 4.69) is 62.9 Å². The second-order valence-electron chi connectivity index (χ2n) is 6.61. The number of rotatable bonds is 4. The van der Waals surface area contributed by atoms with Gasteiger partial charge in [0.15, 0.2) is 0 Å². The third-order valence-electron chi connectivity index (χ3n) is 4.79. The molecular weight excluding hydrogens is 473 g/mol. The number of allylic oxidation sites excluding steroid dienone is 1. The minimum Gasteiger partial charge on any atom is -0.322 e. The number of hydrogen-bond donors (Lipinski definition) is 1. The van der Waals surface area contributed by atoms with Crippen molar-refractivity contribution in [2.75, 3.05) is 10.2 Å². The molecule has 1 amide bonds. The fraction of sp³-hybridized carbons (Fsp3) is 0.0833. The molecule has 4 nitrogen and oxygen atoms in total. The van der Waals surface area contributed by atoms with Crippen molar-refractivity contribution in [1.82, 2.24) is 0 Å². The Hall–Kier alpha value is -2.93. The monoisotopic (exact) mass is 493 g/mol. The molecule has 3 aromatic rings. The van der Waals surface area contributed by atoms with Crippen molar-refractivity contribution in [1.29, 1.82) is 0 Å². The molecule has 1 aliphatic rings. The van der Waals surface area contributed by atoms with Gasteiger partial charge in [-0.05, 0) is 83.1 Å². The number of carbonyl (C=O) groups is 1. The number of anilines is 3. The van der Waals surface area contributed by atoms with Crippen LogP contribution in [-0.4, -0.2) is 12.1 Å². The molecule has 3 aromatic carbocycles. The number of aliphatic imine (C=N–C) groups is 1. The van der Waals surface area contributed by atoms with Crippen molar-refractivity contribution >= 4 is 57.5 Å². The van der Waals surface area contributed by atoms with Gasteiger partial charge in [0.25, 0.3) is 5.91 Å². The van der Waals surface area contributed by atoms with Crippen LogP contribution in [0.3, 0.4) is 0 Å². The highest BCUT2D eigenvalue weighted by molar-refractivity contribution is 14.1. The Balaban J connectivity index is 1.59. The second kappa shape index (κ2) is 8.61.